The van der Waals surface area contributed by atoms with E-state index in [1.807, 2.05) is 31.2 Å². The van der Waals surface area contributed by atoms with Crippen LogP contribution in [0.5, 0.6) is 17.2 Å². The van der Waals surface area contributed by atoms with Crippen LogP contribution in [-0.4, -0.2) is 32.9 Å². The molecule has 0 aromatic heterocycles. The van der Waals surface area contributed by atoms with E-state index in [4.69, 9.17) is 18.9 Å². The minimum atomic E-state index is -0.0523. The summed E-state index contributed by atoms with van der Waals surface area (Å²) in [7, 11) is 1.58. The van der Waals surface area contributed by atoms with Gasteiger partial charge in [0.15, 0.2) is 12.6 Å². The van der Waals surface area contributed by atoms with Crippen molar-refractivity contribution in [3.8, 4) is 17.2 Å². The third kappa shape index (κ3) is 3.83. The van der Waals surface area contributed by atoms with E-state index < -0.39 is 0 Å². The monoisotopic (exact) mass is 340 g/mol. The summed E-state index contributed by atoms with van der Waals surface area (Å²) in [5.41, 5.74) is 1.92. The van der Waals surface area contributed by atoms with Crippen molar-refractivity contribution in [1.82, 2.24) is 0 Å². The molecule has 2 aromatic rings. The van der Waals surface area contributed by atoms with Crippen LogP contribution >= 0.6 is 0 Å². The predicted octanol–water partition coefficient (Wildman–Crippen LogP) is 3.73. The van der Waals surface area contributed by atoms with E-state index in [1.54, 1.807) is 31.4 Å². The second kappa shape index (κ2) is 7.85. The molecule has 0 saturated carbocycles. The molecule has 5 nitrogen and oxygen atoms in total. The number of carbonyl (C=O) groups excluding carboxylic acids is 1. The molecular weight excluding hydrogens is 320 g/mol. The first-order valence-corrected chi connectivity index (χ1v) is 8.08. The molecule has 1 aliphatic rings. The van der Waals surface area contributed by atoms with Gasteiger partial charge in [-0.3, -0.25) is 4.79 Å². The molecule has 0 N–H and O–H groups in total. The molecule has 0 aliphatic carbocycles. The average Bonchev–Trinajstić information content (AvgIpc) is 2.65. The van der Waals surface area contributed by atoms with Crippen molar-refractivity contribution < 1.29 is 23.7 Å². The Morgan fingerprint density at radius 2 is 2.04 bits per heavy atom. The van der Waals surface area contributed by atoms with Gasteiger partial charge in [-0.25, -0.2) is 0 Å². The zero-order valence-corrected chi connectivity index (χ0v) is 14.3. The fraction of sp³-hybridized carbons (Fsp3) is 0.250. The van der Waals surface area contributed by atoms with E-state index in [0.717, 1.165) is 5.56 Å². The van der Waals surface area contributed by atoms with Crippen LogP contribution in [0.3, 0.4) is 0 Å². The number of ether oxygens (including phenoxy) is 4. The summed E-state index contributed by atoms with van der Waals surface area (Å²) in [5, 5.41) is 0. The Bertz CT molecular complexity index is 794. The highest BCUT2D eigenvalue weighted by atomic mass is 16.7. The number of carbonyl (C=O) groups is 1. The molecule has 0 unspecified atom stereocenters. The Morgan fingerprint density at radius 1 is 1.20 bits per heavy atom. The third-order valence-corrected chi connectivity index (χ3v) is 3.86. The van der Waals surface area contributed by atoms with Crippen molar-refractivity contribution in [2.45, 2.75) is 6.92 Å². The lowest BCUT2D eigenvalue weighted by Gasteiger charge is -2.19. The minimum absolute atomic E-state index is 0.0523. The highest BCUT2D eigenvalue weighted by Crippen LogP contribution is 2.32. The van der Waals surface area contributed by atoms with E-state index in [-0.39, 0.29) is 19.2 Å². The van der Waals surface area contributed by atoms with Gasteiger partial charge in [-0.1, -0.05) is 18.2 Å². The van der Waals surface area contributed by atoms with Crippen molar-refractivity contribution in [2.24, 2.45) is 0 Å². The Hall–Kier alpha value is -2.79. The van der Waals surface area contributed by atoms with Crippen molar-refractivity contribution in [1.29, 1.82) is 0 Å². The zero-order chi connectivity index (χ0) is 17.6. The molecule has 0 atom stereocenters. The second-order valence-electron chi connectivity index (χ2n) is 5.44. The van der Waals surface area contributed by atoms with Gasteiger partial charge in [-0.15, -0.1) is 0 Å². The molecule has 1 aliphatic heterocycles. The van der Waals surface area contributed by atoms with Crippen molar-refractivity contribution >= 4 is 11.9 Å². The number of ketones is 1. The summed E-state index contributed by atoms with van der Waals surface area (Å²) in [4.78, 5) is 12.7. The van der Waals surface area contributed by atoms with Crippen molar-refractivity contribution in [3.63, 3.8) is 0 Å². The SMILES string of the molecule is CCOCOc1ccccc1/C=C1\COc2cc(OC)ccc2C1=O. The van der Waals surface area contributed by atoms with E-state index in [2.05, 4.69) is 0 Å². The van der Waals surface area contributed by atoms with Crippen LogP contribution in [0.2, 0.25) is 0 Å². The predicted molar refractivity (Wildman–Crippen MR) is 94.4 cm³/mol. The minimum Gasteiger partial charge on any atom is -0.497 e. The topological polar surface area (TPSA) is 54.0 Å². The van der Waals surface area contributed by atoms with E-state index >= 15 is 0 Å². The van der Waals surface area contributed by atoms with Gasteiger partial charge in [0, 0.05) is 23.8 Å². The number of rotatable bonds is 6. The smallest absolute Gasteiger partial charge is 0.196 e. The quantitative estimate of drug-likeness (QED) is 0.456. The molecule has 0 saturated heterocycles. The first-order valence-electron chi connectivity index (χ1n) is 8.08. The molecule has 0 bridgehead atoms. The maximum absolute atomic E-state index is 12.7. The second-order valence-corrected chi connectivity index (χ2v) is 5.44. The number of fused-ring (bicyclic) bond motifs is 1. The molecule has 0 radical (unpaired) electrons. The molecule has 130 valence electrons. The third-order valence-electron chi connectivity index (χ3n) is 3.86. The van der Waals surface area contributed by atoms with E-state index in [9.17, 15) is 4.79 Å². The molecule has 0 fully saturated rings. The van der Waals surface area contributed by atoms with Crippen LogP contribution in [-0.2, 0) is 4.74 Å². The summed E-state index contributed by atoms with van der Waals surface area (Å²) < 4.78 is 21.7. The normalized spacial score (nSPS) is 14.8. The largest absolute Gasteiger partial charge is 0.497 e. The van der Waals surface area contributed by atoms with Gasteiger partial charge < -0.3 is 18.9 Å². The number of hydrogen-bond acceptors (Lipinski definition) is 5. The summed E-state index contributed by atoms with van der Waals surface area (Å²) in [6.45, 7) is 2.86. The maximum atomic E-state index is 12.7. The molecule has 0 amide bonds. The highest BCUT2D eigenvalue weighted by Gasteiger charge is 2.24. The summed E-state index contributed by atoms with van der Waals surface area (Å²) in [6.07, 6.45) is 1.80. The fourth-order valence-electron chi connectivity index (χ4n) is 2.55. The first kappa shape index (κ1) is 17.0. The molecule has 1 heterocycles. The lowest BCUT2D eigenvalue weighted by Crippen LogP contribution is -2.19. The van der Waals surface area contributed by atoms with Gasteiger partial charge in [0.2, 0.25) is 0 Å². The summed E-state index contributed by atoms with van der Waals surface area (Å²) in [5.74, 6) is 1.82. The van der Waals surface area contributed by atoms with E-state index in [0.29, 0.717) is 35.0 Å². The Labute approximate surface area is 146 Å². The lowest BCUT2D eigenvalue weighted by atomic mass is 9.98. The standard InChI is InChI=1S/C20H20O5/c1-3-23-13-25-18-7-5-4-6-14(18)10-15-12-24-19-11-16(22-2)8-9-17(19)20(15)21/h4-11H,3,12-13H2,1-2H3/b15-10+. The van der Waals surface area contributed by atoms with Gasteiger partial charge in [0.1, 0.15) is 23.9 Å². The first-order chi connectivity index (χ1) is 12.2. The van der Waals surface area contributed by atoms with Gasteiger partial charge in [-0.05, 0) is 31.2 Å². The number of hydrogen-bond donors (Lipinski definition) is 0. The van der Waals surface area contributed by atoms with Crippen LogP contribution in [0, 0.1) is 0 Å². The maximum Gasteiger partial charge on any atom is 0.196 e. The Morgan fingerprint density at radius 3 is 2.84 bits per heavy atom. The van der Waals surface area contributed by atoms with Crippen molar-refractivity contribution in [3.05, 3.63) is 59.2 Å². The molecule has 3 rings (SSSR count). The van der Waals surface area contributed by atoms with Gasteiger partial charge in [0.05, 0.1) is 12.7 Å². The molecule has 5 heteroatoms. The van der Waals surface area contributed by atoms with Crippen LogP contribution in [0.25, 0.3) is 6.08 Å². The molecule has 0 spiro atoms. The number of benzene rings is 2. The van der Waals surface area contributed by atoms with E-state index in [1.165, 1.54) is 0 Å². The summed E-state index contributed by atoms with van der Waals surface area (Å²) >= 11 is 0. The average molecular weight is 340 g/mol. The van der Waals surface area contributed by atoms with Gasteiger partial charge in [0.25, 0.3) is 0 Å². The number of methoxy groups -OCH3 is 1. The van der Waals surface area contributed by atoms with Gasteiger partial charge in [-0.2, -0.15) is 0 Å². The number of para-hydroxylation sites is 1. The molecule has 25 heavy (non-hydrogen) atoms. The fourth-order valence-corrected chi connectivity index (χ4v) is 2.55. The van der Waals surface area contributed by atoms with Crippen LogP contribution in [0.4, 0.5) is 0 Å². The van der Waals surface area contributed by atoms with Crippen LogP contribution in [0.15, 0.2) is 48.0 Å². The zero-order valence-electron chi connectivity index (χ0n) is 14.3. The number of Topliss-reactive ketones (excluding diaryl/α,β-unsaturated/α-hetero) is 1. The van der Waals surface area contributed by atoms with Crippen LogP contribution < -0.4 is 14.2 Å². The van der Waals surface area contributed by atoms with Gasteiger partial charge >= 0.3 is 0 Å². The van der Waals surface area contributed by atoms with Crippen molar-refractivity contribution in [2.75, 3.05) is 27.1 Å². The molecule has 2 aromatic carbocycles. The highest BCUT2D eigenvalue weighted by molar-refractivity contribution is 6.14. The summed E-state index contributed by atoms with van der Waals surface area (Å²) in [6, 6.07) is 12.7. The Balaban J connectivity index is 1.86. The van der Waals surface area contributed by atoms with Crippen LogP contribution in [0.1, 0.15) is 22.8 Å². The Kier molecular flexibility index (Phi) is 5.36. The molecular formula is C20H20O5. The lowest BCUT2D eigenvalue weighted by molar-refractivity contribution is 0.0223.